The molecule has 2 rings (SSSR count). The highest BCUT2D eigenvalue weighted by Crippen LogP contribution is 2.31. The maximum Gasteiger partial charge on any atom is 0.339 e. The number of methoxy groups -OCH3 is 1. The van der Waals surface area contributed by atoms with Crippen LogP contribution in [0.5, 0.6) is 5.75 Å². The van der Waals surface area contributed by atoms with E-state index in [0.717, 1.165) is 0 Å². The van der Waals surface area contributed by atoms with Gasteiger partial charge in [0.1, 0.15) is 11.3 Å². The third-order valence-electron chi connectivity index (χ3n) is 2.56. The Kier molecular flexibility index (Phi) is 4.54. The van der Waals surface area contributed by atoms with Crippen molar-refractivity contribution in [1.29, 1.82) is 0 Å². The molecule has 0 fully saturated rings. The third-order valence-corrected chi connectivity index (χ3v) is 3.30. The molecule has 2 N–H and O–H groups in total. The van der Waals surface area contributed by atoms with Gasteiger partial charge in [-0.3, -0.25) is 4.79 Å². The molecule has 0 aliphatic heterocycles. The number of benzene rings is 1. The lowest BCUT2D eigenvalue weighted by atomic mass is 10.1. The van der Waals surface area contributed by atoms with Crippen molar-refractivity contribution >= 4 is 45.1 Å². The summed E-state index contributed by atoms with van der Waals surface area (Å²) in [5.41, 5.74) is 0.122. The van der Waals surface area contributed by atoms with Crippen molar-refractivity contribution < 1.29 is 23.8 Å². The summed E-state index contributed by atoms with van der Waals surface area (Å²) in [6.07, 6.45) is 0. The Bertz CT molecular complexity index is 713. The lowest BCUT2D eigenvalue weighted by Gasteiger charge is -2.10. The summed E-state index contributed by atoms with van der Waals surface area (Å²) in [5.74, 6) is -1.53. The number of ether oxygens (including phenoxy) is 1. The van der Waals surface area contributed by atoms with E-state index in [1.807, 2.05) is 0 Å². The summed E-state index contributed by atoms with van der Waals surface area (Å²) in [4.78, 5) is 23.0. The van der Waals surface area contributed by atoms with Crippen LogP contribution in [0.2, 0.25) is 5.02 Å². The van der Waals surface area contributed by atoms with Gasteiger partial charge in [0.15, 0.2) is 10.4 Å². The van der Waals surface area contributed by atoms with Crippen molar-refractivity contribution in [3.05, 3.63) is 45.3 Å². The standard InChI is InChI=1S/C13H9BrClNO5/c1-20-10-5-8(7(15)4-6(10)13(18)19)16-12(17)9-2-3-11(14)21-9/h2-5H,1H3,(H,16,17)(H,18,19). The number of aromatic carboxylic acids is 1. The van der Waals surface area contributed by atoms with Crippen molar-refractivity contribution in [3.63, 3.8) is 0 Å². The smallest absolute Gasteiger partial charge is 0.339 e. The van der Waals surface area contributed by atoms with Crippen LogP contribution < -0.4 is 10.1 Å². The minimum atomic E-state index is -1.18. The van der Waals surface area contributed by atoms with E-state index in [2.05, 4.69) is 21.2 Å². The Labute approximate surface area is 132 Å². The van der Waals surface area contributed by atoms with Gasteiger partial charge in [0.2, 0.25) is 0 Å². The molecule has 0 aliphatic carbocycles. The quantitative estimate of drug-likeness (QED) is 0.852. The van der Waals surface area contributed by atoms with Gasteiger partial charge in [-0.2, -0.15) is 0 Å². The average molecular weight is 375 g/mol. The van der Waals surface area contributed by atoms with Gasteiger partial charge in [-0.1, -0.05) is 11.6 Å². The molecule has 6 nitrogen and oxygen atoms in total. The van der Waals surface area contributed by atoms with Gasteiger partial charge in [-0.05, 0) is 34.1 Å². The molecule has 1 heterocycles. The van der Waals surface area contributed by atoms with Crippen LogP contribution in [0.25, 0.3) is 0 Å². The molecule has 1 amide bonds. The van der Waals surface area contributed by atoms with E-state index in [1.54, 1.807) is 6.07 Å². The SMILES string of the molecule is COc1cc(NC(=O)c2ccc(Br)o2)c(Cl)cc1C(=O)O. The molecule has 0 aliphatic rings. The van der Waals surface area contributed by atoms with Crippen LogP contribution >= 0.6 is 27.5 Å². The van der Waals surface area contributed by atoms with E-state index in [1.165, 1.54) is 25.3 Å². The predicted molar refractivity (Wildman–Crippen MR) is 79.3 cm³/mol. The average Bonchev–Trinajstić information content (AvgIpc) is 2.87. The highest BCUT2D eigenvalue weighted by molar-refractivity contribution is 9.10. The number of halogens is 2. The Hall–Kier alpha value is -1.99. The lowest BCUT2D eigenvalue weighted by Crippen LogP contribution is -2.12. The monoisotopic (exact) mass is 373 g/mol. The lowest BCUT2D eigenvalue weighted by molar-refractivity contribution is 0.0693. The molecule has 21 heavy (non-hydrogen) atoms. The summed E-state index contributed by atoms with van der Waals surface area (Å²) < 4.78 is 10.5. The molecule has 1 aromatic heterocycles. The largest absolute Gasteiger partial charge is 0.496 e. The molecule has 0 saturated carbocycles. The number of carboxylic acids is 1. The van der Waals surface area contributed by atoms with Gasteiger partial charge in [0, 0.05) is 6.07 Å². The van der Waals surface area contributed by atoms with Gasteiger partial charge in [0.25, 0.3) is 5.91 Å². The minimum Gasteiger partial charge on any atom is -0.496 e. The number of anilines is 1. The van der Waals surface area contributed by atoms with Gasteiger partial charge in [-0.25, -0.2) is 4.79 Å². The fourth-order valence-corrected chi connectivity index (χ4v) is 2.12. The Balaban J connectivity index is 2.32. The van der Waals surface area contributed by atoms with E-state index in [4.69, 9.17) is 25.9 Å². The number of amides is 1. The molecule has 0 unspecified atom stereocenters. The van der Waals surface area contributed by atoms with Crippen LogP contribution in [0.3, 0.4) is 0 Å². The number of hydrogen-bond donors (Lipinski definition) is 2. The molecule has 0 saturated heterocycles. The molecule has 110 valence electrons. The van der Waals surface area contributed by atoms with E-state index in [-0.39, 0.29) is 27.8 Å². The molecule has 0 atom stereocenters. The summed E-state index contributed by atoms with van der Waals surface area (Å²) in [7, 11) is 1.32. The second-order valence-corrected chi connectivity index (χ2v) is 5.08. The Morgan fingerprint density at radius 3 is 2.62 bits per heavy atom. The molecular weight excluding hydrogens is 366 g/mol. The zero-order valence-corrected chi connectivity index (χ0v) is 13.0. The Morgan fingerprint density at radius 2 is 2.10 bits per heavy atom. The number of furan rings is 1. The first-order valence-corrected chi connectivity index (χ1v) is 6.77. The zero-order chi connectivity index (χ0) is 15.6. The maximum absolute atomic E-state index is 12.0. The third kappa shape index (κ3) is 3.37. The molecule has 1 aromatic carbocycles. The molecule has 0 bridgehead atoms. The van der Waals surface area contributed by atoms with E-state index in [9.17, 15) is 9.59 Å². The predicted octanol–water partition coefficient (Wildman–Crippen LogP) is 3.65. The number of carbonyl (C=O) groups excluding carboxylic acids is 1. The summed E-state index contributed by atoms with van der Waals surface area (Å²) in [6, 6.07) is 5.60. The van der Waals surface area contributed by atoms with Crippen molar-refractivity contribution in [3.8, 4) is 5.75 Å². The molecule has 8 heteroatoms. The summed E-state index contributed by atoms with van der Waals surface area (Å²) in [5, 5.41) is 11.6. The highest BCUT2D eigenvalue weighted by atomic mass is 79.9. The number of rotatable bonds is 4. The zero-order valence-electron chi connectivity index (χ0n) is 10.6. The van der Waals surface area contributed by atoms with Crippen LogP contribution in [-0.4, -0.2) is 24.1 Å². The first-order chi connectivity index (χ1) is 9.92. The topological polar surface area (TPSA) is 88.8 Å². The van der Waals surface area contributed by atoms with Gasteiger partial charge in [0.05, 0.1) is 17.8 Å². The molecule has 2 aromatic rings. The first-order valence-electron chi connectivity index (χ1n) is 5.60. The first kappa shape index (κ1) is 15.4. The molecular formula is C13H9BrClNO5. The maximum atomic E-state index is 12.0. The second-order valence-electron chi connectivity index (χ2n) is 3.90. The van der Waals surface area contributed by atoms with Gasteiger partial charge < -0.3 is 19.6 Å². The minimum absolute atomic E-state index is 0.0761. The highest BCUT2D eigenvalue weighted by Gasteiger charge is 2.18. The van der Waals surface area contributed by atoms with Crippen LogP contribution in [0.1, 0.15) is 20.9 Å². The van der Waals surface area contributed by atoms with E-state index < -0.39 is 11.9 Å². The van der Waals surface area contributed by atoms with E-state index >= 15 is 0 Å². The molecule has 0 spiro atoms. The number of carboxylic acid groups (broad SMARTS) is 1. The number of hydrogen-bond acceptors (Lipinski definition) is 4. The summed E-state index contributed by atoms with van der Waals surface area (Å²) >= 11 is 9.06. The van der Waals surface area contributed by atoms with Crippen LogP contribution in [0.4, 0.5) is 5.69 Å². The number of nitrogens with one attached hydrogen (secondary N) is 1. The van der Waals surface area contributed by atoms with Crippen molar-refractivity contribution in [2.75, 3.05) is 12.4 Å². The van der Waals surface area contributed by atoms with Crippen LogP contribution in [-0.2, 0) is 0 Å². The van der Waals surface area contributed by atoms with Crippen LogP contribution in [0.15, 0.2) is 33.4 Å². The van der Waals surface area contributed by atoms with Gasteiger partial charge >= 0.3 is 5.97 Å². The van der Waals surface area contributed by atoms with Crippen LogP contribution in [0, 0.1) is 0 Å². The fourth-order valence-electron chi connectivity index (χ4n) is 1.61. The number of carbonyl (C=O) groups is 2. The van der Waals surface area contributed by atoms with Gasteiger partial charge in [-0.15, -0.1) is 0 Å². The normalized spacial score (nSPS) is 10.2. The second kappa shape index (κ2) is 6.19. The Morgan fingerprint density at radius 1 is 1.38 bits per heavy atom. The van der Waals surface area contributed by atoms with Crippen molar-refractivity contribution in [1.82, 2.24) is 0 Å². The van der Waals surface area contributed by atoms with E-state index in [0.29, 0.717) is 4.67 Å². The molecule has 0 radical (unpaired) electrons. The van der Waals surface area contributed by atoms with Crippen molar-refractivity contribution in [2.24, 2.45) is 0 Å². The summed E-state index contributed by atoms with van der Waals surface area (Å²) in [6.45, 7) is 0. The van der Waals surface area contributed by atoms with Crippen molar-refractivity contribution in [2.45, 2.75) is 0 Å². The fraction of sp³-hybridized carbons (Fsp3) is 0.0769.